The van der Waals surface area contributed by atoms with Crippen LogP contribution in [0.5, 0.6) is 0 Å². The minimum atomic E-state index is -0.389. The van der Waals surface area contributed by atoms with Crippen LogP contribution >= 0.6 is 0 Å². The van der Waals surface area contributed by atoms with Gasteiger partial charge in [0.15, 0.2) is 0 Å². The average Bonchev–Trinajstić information content (AvgIpc) is 2.13. The zero-order valence-electron chi connectivity index (χ0n) is 10.6. The SMILES string of the molecule is CC(C)(C)OC(=O)CCNCCNCCN. The molecule has 0 spiro atoms. The van der Waals surface area contributed by atoms with E-state index in [2.05, 4.69) is 10.6 Å². The van der Waals surface area contributed by atoms with Crippen LogP contribution in [0.2, 0.25) is 0 Å². The first kappa shape index (κ1) is 15.3. The van der Waals surface area contributed by atoms with Gasteiger partial charge in [0.2, 0.25) is 0 Å². The summed E-state index contributed by atoms with van der Waals surface area (Å²) in [6.45, 7) is 9.44. The Morgan fingerprint density at radius 3 is 2.19 bits per heavy atom. The van der Waals surface area contributed by atoms with Gasteiger partial charge < -0.3 is 21.1 Å². The molecule has 0 fully saturated rings. The third-order valence-electron chi connectivity index (χ3n) is 1.73. The number of rotatable bonds is 8. The molecule has 96 valence electrons. The van der Waals surface area contributed by atoms with Gasteiger partial charge in [0.1, 0.15) is 5.60 Å². The second-order valence-corrected chi connectivity index (χ2v) is 4.63. The van der Waals surface area contributed by atoms with Crippen molar-refractivity contribution in [1.82, 2.24) is 10.6 Å². The highest BCUT2D eigenvalue weighted by Gasteiger charge is 2.15. The largest absolute Gasteiger partial charge is 0.460 e. The van der Waals surface area contributed by atoms with Crippen molar-refractivity contribution >= 4 is 5.97 Å². The molecule has 0 heterocycles. The van der Waals surface area contributed by atoms with Gasteiger partial charge in [-0.05, 0) is 20.8 Å². The van der Waals surface area contributed by atoms with E-state index in [0.29, 0.717) is 19.5 Å². The number of nitrogens with two attached hydrogens (primary N) is 1. The second kappa shape index (κ2) is 8.50. The van der Waals surface area contributed by atoms with Crippen LogP contribution in [-0.2, 0) is 9.53 Å². The smallest absolute Gasteiger partial charge is 0.307 e. The zero-order chi connectivity index (χ0) is 12.4. The van der Waals surface area contributed by atoms with Crippen LogP contribution in [0.15, 0.2) is 0 Å². The van der Waals surface area contributed by atoms with Gasteiger partial charge in [-0.25, -0.2) is 0 Å². The van der Waals surface area contributed by atoms with Gasteiger partial charge in [-0.2, -0.15) is 0 Å². The molecule has 0 unspecified atom stereocenters. The van der Waals surface area contributed by atoms with Crippen LogP contribution in [0.25, 0.3) is 0 Å². The summed E-state index contributed by atoms with van der Waals surface area (Å²) in [6.07, 6.45) is 0.411. The first-order valence-corrected chi connectivity index (χ1v) is 5.79. The molecule has 0 aliphatic heterocycles. The summed E-state index contributed by atoms with van der Waals surface area (Å²) in [5, 5.41) is 6.31. The Kier molecular flexibility index (Phi) is 8.15. The fraction of sp³-hybridized carbons (Fsp3) is 0.909. The van der Waals surface area contributed by atoms with Crippen molar-refractivity contribution in [2.45, 2.75) is 32.8 Å². The Labute approximate surface area is 98.1 Å². The van der Waals surface area contributed by atoms with E-state index in [0.717, 1.165) is 19.6 Å². The number of hydrogen-bond donors (Lipinski definition) is 3. The maximum absolute atomic E-state index is 11.3. The van der Waals surface area contributed by atoms with Gasteiger partial charge in [0, 0.05) is 32.7 Å². The molecule has 5 heteroatoms. The van der Waals surface area contributed by atoms with Crippen LogP contribution in [-0.4, -0.2) is 44.3 Å². The minimum absolute atomic E-state index is 0.157. The lowest BCUT2D eigenvalue weighted by molar-refractivity contribution is -0.154. The van der Waals surface area contributed by atoms with E-state index in [9.17, 15) is 4.79 Å². The van der Waals surface area contributed by atoms with Crippen LogP contribution in [0, 0.1) is 0 Å². The summed E-state index contributed by atoms with van der Waals surface area (Å²) in [6, 6.07) is 0. The summed E-state index contributed by atoms with van der Waals surface area (Å²) in [7, 11) is 0. The molecule has 0 radical (unpaired) electrons. The topological polar surface area (TPSA) is 76.4 Å². The molecule has 0 aromatic carbocycles. The van der Waals surface area contributed by atoms with Crippen molar-refractivity contribution < 1.29 is 9.53 Å². The normalized spacial score (nSPS) is 11.5. The Balaban J connectivity index is 3.28. The maximum Gasteiger partial charge on any atom is 0.307 e. The average molecular weight is 231 g/mol. The Morgan fingerprint density at radius 1 is 1.12 bits per heavy atom. The van der Waals surface area contributed by atoms with Crippen LogP contribution < -0.4 is 16.4 Å². The van der Waals surface area contributed by atoms with Gasteiger partial charge in [0.05, 0.1) is 6.42 Å². The van der Waals surface area contributed by atoms with Crippen molar-refractivity contribution in [3.8, 4) is 0 Å². The van der Waals surface area contributed by atoms with Crippen LogP contribution in [0.4, 0.5) is 0 Å². The van der Waals surface area contributed by atoms with Crippen molar-refractivity contribution in [3.63, 3.8) is 0 Å². The first-order valence-electron chi connectivity index (χ1n) is 5.79. The highest BCUT2D eigenvalue weighted by atomic mass is 16.6. The molecule has 4 N–H and O–H groups in total. The van der Waals surface area contributed by atoms with Crippen LogP contribution in [0.1, 0.15) is 27.2 Å². The van der Waals surface area contributed by atoms with Crippen molar-refractivity contribution in [2.75, 3.05) is 32.7 Å². The molecule has 0 bridgehead atoms. The molecular weight excluding hydrogens is 206 g/mol. The van der Waals surface area contributed by atoms with Crippen LogP contribution in [0.3, 0.4) is 0 Å². The van der Waals surface area contributed by atoms with Gasteiger partial charge in [-0.3, -0.25) is 4.79 Å². The highest BCUT2D eigenvalue weighted by Crippen LogP contribution is 2.07. The number of ether oxygens (including phenoxy) is 1. The van der Waals surface area contributed by atoms with Gasteiger partial charge in [-0.1, -0.05) is 0 Å². The van der Waals surface area contributed by atoms with E-state index in [-0.39, 0.29) is 11.6 Å². The predicted octanol–water partition coefficient (Wildman–Crippen LogP) is -0.144. The first-order chi connectivity index (χ1) is 7.45. The molecule has 16 heavy (non-hydrogen) atoms. The van der Waals surface area contributed by atoms with E-state index in [1.54, 1.807) is 0 Å². The predicted molar refractivity (Wildman–Crippen MR) is 65.3 cm³/mol. The highest BCUT2D eigenvalue weighted by molar-refractivity contribution is 5.70. The Hall–Kier alpha value is -0.650. The van der Waals surface area contributed by atoms with Gasteiger partial charge >= 0.3 is 5.97 Å². The van der Waals surface area contributed by atoms with Crippen molar-refractivity contribution in [1.29, 1.82) is 0 Å². The van der Waals surface area contributed by atoms with Gasteiger partial charge in [-0.15, -0.1) is 0 Å². The summed E-state index contributed by atoms with van der Waals surface area (Å²) in [5.41, 5.74) is 4.93. The van der Waals surface area contributed by atoms with Crippen molar-refractivity contribution in [2.24, 2.45) is 5.73 Å². The quantitative estimate of drug-likeness (QED) is 0.400. The molecule has 0 aromatic heterocycles. The third-order valence-corrected chi connectivity index (χ3v) is 1.73. The Bertz CT molecular complexity index is 190. The molecule has 0 aliphatic carbocycles. The molecule has 0 amide bonds. The fourth-order valence-electron chi connectivity index (χ4n) is 1.11. The number of carbonyl (C=O) groups is 1. The maximum atomic E-state index is 11.3. The van der Waals surface area contributed by atoms with E-state index in [1.165, 1.54) is 0 Å². The second-order valence-electron chi connectivity index (χ2n) is 4.63. The van der Waals surface area contributed by atoms with E-state index < -0.39 is 0 Å². The number of nitrogens with one attached hydrogen (secondary N) is 2. The van der Waals surface area contributed by atoms with E-state index >= 15 is 0 Å². The molecule has 0 aromatic rings. The lowest BCUT2D eigenvalue weighted by atomic mass is 10.2. The minimum Gasteiger partial charge on any atom is -0.460 e. The Morgan fingerprint density at radius 2 is 1.69 bits per heavy atom. The molecular formula is C11H25N3O2. The van der Waals surface area contributed by atoms with E-state index in [4.69, 9.17) is 10.5 Å². The van der Waals surface area contributed by atoms with E-state index in [1.807, 2.05) is 20.8 Å². The molecule has 0 rings (SSSR count). The molecule has 0 saturated heterocycles. The number of esters is 1. The fourth-order valence-corrected chi connectivity index (χ4v) is 1.11. The summed E-state index contributed by atoms with van der Waals surface area (Å²) in [4.78, 5) is 11.3. The van der Waals surface area contributed by atoms with Gasteiger partial charge in [0.25, 0.3) is 0 Å². The summed E-state index contributed by atoms with van der Waals surface area (Å²) < 4.78 is 5.17. The number of carbonyl (C=O) groups excluding carboxylic acids is 1. The number of hydrogen-bond acceptors (Lipinski definition) is 5. The lowest BCUT2D eigenvalue weighted by Gasteiger charge is -2.19. The standard InChI is InChI=1S/C11H25N3O2/c1-11(2,3)16-10(15)4-6-13-8-9-14-7-5-12/h13-14H,4-9,12H2,1-3H3. The zero-order valence-corrected chi connectivity index (χ0v) is 10.6. The summed E-state index contributed by atoms with van der Waals surface area (Å²) >= 11 is 0. The third kappa shape index (κ3) is 11.4. The monoisotopic (exact) mass is 231 g/mol. The lowest BCUT2D eigenvalue weighted by Crippen LogP contribution is -2.32. The summed E-state index contributed by atoms with van der Waals surface area (Å²) in [5.74, 6) is -0.157. The molecule has 5 nitrogen and oxygen atoms in total. The molecule has 0 saturated carbocycles. The van der Waals surface area contributed by atoms with Crippen molar-refractivity contribution in [3.05, 3.63) is 0 Å². The molecule has 0 atom stereocenters. The molecule has 0 aliphatic rings.